The lowest BCUT2D eigenvalue weighted by Crippen LogP contribution is -2.43. The Morgan fingerprint density at radius 3 is 2.89 bits per heavy atom. The van der Waals surface area contributed by atoms with Crippen molar-refractivity contribution in [3.05, 3.63) is 17.8 Å². The number of pyridine rings is 1. The predicted molar refractivity (Wildman–Crippen MR) is 72.4 cm³/mol. The molecule has 0 bridgehead atoms. The van der Waals surface area contributed by atoms with E-state index >= 15 is 0 Å². The van der Waals surface area contributed by atoms with E-state index in [1.54, 1.807) is 19.0 Å². The van der Waals surface area contributed by atoms with E-state index < -0.39 is 0 Å². The summed E-state index contributed by atoms with van der Waals surface area (Å²) >= 11 is 0. The van der Waals surface area contributed by atoms with Gasteiger partial charge in [-0.3, -0.25) is 4.79 Å². The third-order valence-electron chi connectivity index (χ3n) is 3.30. The monoisotopic (exact) mass is 248 g/mol. The lowest BCUT2D eigenvalue weighted by Gasteiger charge is -2.28. The van der Waals surface area contributed by atoms with Gasteiger partial charge in [-0.05, 0) is 31.9 Å². The minimum absolute atomic E-state index is 0.121. The molecule has 2 heterocycles. The summed E-state index contributed by atoms with van der Waals surface area (Å²) in [5.74, 6) is 0.864. The van der Waals surface area contributed by atoms with Gasteiger partial charge in [0.1, 0.15) is 6.04 Å². The maximum atomic E-state index is 12.1. The zero-order chi connectivity index (χ0) is 13.3. The Kier molecular flexibility index (Phi) is 3.41. The van der Waals surface area contributed by atoms with E-state index in [-0.39, 0.29) is 11.9 Å². The molecule has 18 heavy (non-hydrogen) atoms. The normalized spacial score (nSPS) is 19.1. The summed E-state index contributed by atoms with van der Waals surface area (Å²) in [6.45, 7) is 2.77. The van der Waals surface area contributed by atoms with Crippen LogP contribution in [-0.4, -0.2) is 42.5 Å². The smallest absolute Gasteiger partial charge is 0.244 e. The van der Waals surface area contributed by atoms with E-state index in [0.29, 0.717) is 5.69 Å². The lowest BCUT2D eigenvalue weighted by molar-refractivity contribution is -0.129. The molecule has 5 nitrogen and oxygen atoms in total. The van der Waals surface area contributed by atoms with Gasteiger partial charge in [0.15, 0.2) is 5.82 Å². The maximum Gasteiger partial charge on any atom is 0.244 e. The first-order valence-electron chi connectivity index (χ1n) is 6.21. The van der Waals surface area contributed by atoms with Crippen molar-refractivity contribution in [3.63, 3.8) is 0 Å². The second-order valence-electron chi connectivity index (χ2n) is 4.95. The van der Waals surface area contributed by atoms with Crippen molar-refractivity contribution >= 4 is 17.4 Å². The molecule has 0 aliphatic carbocycles. The van der Waals surface area contributed by atoms with E-state index in [2.05, 4.69) is 4.98 Å². The molecule has 1 fully saturated rings. The van der Waals surface area contributed by atoms with Crippen LogP contribution in [0.5, 0.6) is 0 Å². The third kappa shape index (κ3) is 2.25. The summed E-state index contributed by atoms with van der Waals surface area (Å²) in [5.41, 5.74) is 7.54. The van der Waals surface area contributed by atoms with Crippen LogP contribution in [0.1, 0.15) is 18.5 Å². The molecule has 0 spiro atoms. The standard InChI is InChI=1S/C13H20N4O/c1-9-6-7-10(14)12(15-9)17-8-4-5-11(17)13(18)16(2)3/h6-7,11H,4-5,8,14H2,1-3H3. The molecule has 1 saturated heterocycles. The average Bonchev–Trinajstić information content (AvgIpc) is 2.80. The molecule has 1 aliphatic heterocycles. The minimum Gasteiger partial charge on any atom is -0.396 e. The molecular formula is C13H20N4O. The molecule has 0 radical (unpaired) electrons. The number of amides is 1. The molecule has 1 amide bonds. The quantitative estimate of drug-likeness (QED) is 0.849. The Balaban J connectivity index is 2.31. The van der Waals surface area contributed by atoms with Gasteiger partial charge in [-0.1, -0.05) is 0 Å². The number of likely N-dealkylation sites (N-methyl/N-ethyl adjacent to an activating group) is 1. The predicted octanol–water partition coefficient (Wildman–Crippen LogP) is 1.03. The molecule has 5 heteroatoms. The van der Waals surface area contributed by atoms with Gasteiger partial charge in [0, 0.05) is 26.3 Å². The number of hydrogen-bond acceptors (Lipinski definition) is 4. The van der Waals surface area contributed by atoms with Crippen LogP contribution in [0, 0.1) is 6.92 Å². The van der Waals surface area contributed by atoms with Crippen molar-refractivity contribution < 1.29 is 4.79 Å². The van der Waals surface area contributed by atoms with Crippen LogP contribution in [0.25, 0.3) is 0 Å². The average molecular weight is 248 g/mol. The molecule has 1 aromatic rings. The summed E-state index contributed by atoms with van der Waals surface area (Å²) in [6, 6.07) is 3.61. The van der Waals surface area contributed by atoms with E-state index in [4.69, 9.17) is 5.73 Å². The summed E-state index contributed by atoms with van der Waals surface area (Å²) in [6.07, 6.45) is 1.87. The van der Waals surface area contributed by atoms with Crippen LogP contribution < -0.4 is 10.6 Å². The zero-order valence-corrected chi connectivity index (χ0v) is 11.2. The van der Waals surface area contributed by atoms with Gasteiger partial charge in [-0.25, -0.2) is 4.98 Å². The van der Waals surface area contributed by atoms with Crippen LogP contribution in [0.15, 0.2) is 12.1 Å². The van der Waals surface area contributed by atoms with Gasteiger partial charge in [0.25, 0.3) is 0 Å². The van der Waals surface area contributed by atoms with E-state index in [1.165, 1.54) is 0 Å². The second-order valence-corrected chi connectivity index (χ2v) is 4.95. The maximum absolute atomic E-state index is 12.1. The van der Waals surface area contributed by atoms with Crippen molar-refractivity contribution in [2.24, 2.45) is 0 Å². The first-order valence-corrected chi connectivity index (χ1v) is 6.21. The molecule has 1 atom stereocenters. The second kappa shape index (κ2) is 4.84. The van der Waals surface area contributed by atoms with Crippen molar-refractivity contribution in [2.45, 2.75) is 25.8 Å². The summed E-state index contributed by atoms with van der Waals surface area (Å²) < 4.78 is 0. The highest BCUT2D eigenvalue weighted by Gasteiger charge is 2.33. The molecule has 98 valence electrons. The molecule has 1 aromatic heterocycles. The Labute approximate surface area is 108 Å². The number of anilines is 2. The fourth-order valence-electron chi connectivity index (χ4n) is 2.36. The van der Waals surface area contributed by atoms with Crippen LogP contribution in [0.3, 0.4) is 0 Å². The number of nitrogen functional groups attached to an aromatic ring is 1. The summed E-state index contributed by atoms with van der Waals surface area (Å²) in [7, 11) is 3.57. The molecule has 2 N–H and O–H groups in total. The number of rotatable bonds is 2. The van der Waals surface area contributed by atoms with Crippen molar-refractivity contribution in [3.8, 4) is 0 Å². The van der Waals surface area contributed by atoms with Crippen LogP contribution >= 0.6 is 0 Å². The van der Waals surface area contributed by atoms with Crippen molar-refractivity contribution in [1.29, 1.82) is 0 Å². The fraction of sp³-hybridized carbons (Fsp3) is 0.538. The summed E-state index contributed by atoms with van der Waals surface area (Å²) in [4.78, 5) is 20.3. The number of nitrogens with two attached hydrogens (primary N) is 1. The van der Waals surface area contributed by atoms with Crippen molar-refractivity contribution in [2.75, 3.05) is 31.3 Å². The molecule has 2 rings (SSSR count). The topological polar surface area (TPSA) is 62.5 Å². The number of hydrogen-bond donors (Lipinski definition) is 1. The Hall–Kier alpha value is -1.78. The number of aromatic nitrogens is 1. The zero-order valence-electron chi connectivity index (χ0n) is 11.2. The number of aryl methyl sites for hydroxylation is 1. The van der Waals surface area contributed by atoms with Gasteiger partial charge in [-0.2, -0.15) is 0 Å². The van der Waals surface area contributed by atoms with E-state index in [9.17, 15) is 4.79 Å². The van der Waals surface area contributed by atoms with Gasteiger partial charge >= 0.3 is 0 Å². The molecule has 1 unspecified atom stereocenters. The van der Waals surface area contributed by atoms with Crippen molar-refractivity contribution in [1.82, 2.24) is 9.88 Å². The lowest BCUT2D eigenvalue weighted by atomic mass is 10.2. The number of carbonyl (C=O) groups is 1. The van der Waals surface area contributed by atoms with Crippen LogP contribution in [-0.2, 0) is 4.79 Å². The van der Waals surface area contributed by atoms with Gasteiger partial charge in [0.05, 0.1) is 5.69 Å². The Bertz CT molecular complexity index is 458. The molecule has 0 aromatic carbocycles. The fourth-order valence-corrected chi connectivity index (χ4v) is 2.36. The molecular weight excluding hydrogens is 228 g/mol. The Morgan fingerprint density at radius 2 is 2.22 bits per heavy atom. The first kappa shape index (κ1) is 12.7. The highest BCUT2D eigenvalue weighted by atomic mass is 16.2. The van der Waals surface area contributed by atoms with E-state index in [1.807, 2.05) is 24.0 Å². The van der Waals surface area contributed by atoms with Gasteiger partial charge < -0.3 is 15.5 Å². The van der Waals surface area contributed by atoms with E-state index in [0.717, 1.165) is 30.9 Å². The Morgan fingerprint density at radius 1 is 1.50 bits per heavy atom. The van der Waals surface area contributed by atoms with Crippen LogP contribution in [0.2, 0.25) is 0 Å². The molecule has 0 saturated carbocycles. The van der Waals surface area contributed by atoms with Gasteiger partial charge in [-0.15, -0.1) is 0 Å². The van der Waals surface area contributed by atoms with Gasteiger partial charge in [0.2, 0.25) is 5.91 Å². The SMILES string of the molecule is Cc1ccc(N)c(N2CCCC2C(=O)N(C)C)n1. The highest BCUT2D eigenvalue weighted by molar-refractivity contribution is 5.86. The van der Waals surface area contributed by atoms with Crippen LogP contribution in [0.4, 0.5) is 11.5 Å². The largest absolute Gasteiger partial charge is 0.396 e. The molecule has 1 aliphatic rings. The third-order valence-corrected chi connectivity index (χ3v) is 3.30. The highest BCUT2D eigenvalue weighted by Crippen LogP contribution is 2.29. The first-order chi connectivity index (χ1) is 8.50. The minimum atomic E-state index is -0.128. The summed E-state index contributed by atoms with van der Waals surface area (Å²) in [5, 5.41) is 0. The number of carbonyl (C=O) groups excluding carboxylic acids is 1. The number of nitrogens with zero attached hydrogens (tertiary/aromatic N) is 3.